The number of esters is 2. The fourth-order valence-electron chi connectivity index (χ4n) is 4.92. The molecule has 0 aromatic rings. The summed E-state index contributed by atoms with van der Waals surface area (Å²) in [6, 6.07) is 0. The second-order valence-corrected chi connectivity index (χ2v) is 12.1. The van der Waals surface area contributed by atoms with Crippen LogP contribution in [0.1, 0.15) is 181 Å². The van der Waals surface area contributed by atoms with Gasteiger partial charge in [0.15, 0.2) is 0 Å². The first-order valence-corrected chi connectivity index (χ1v) is 16.9. The molecule has 0 unspecified atom stereocenters. The number of aliphatic hydroxyl groups excluding tert-OH is 1. The van der Waals surface area contributed by atoms with Crippen LogP contribution in [0, 0.1) is 5.92 Å². The molecule has 1 atom stereocenters. The molecule has 0 radical (unpaired) electrons. The van der Waals surface area contributed by atoms with Crippen molar-refractivity contribution in [2.24, 2.45) is 5.92 Å². The van der Waals surface area contributed by atoms with Crippen molar-refractivity contribution in [2.75, 3.05) is 13.2 Å². The van der Waals surface area contributed by atoms with Crippen LogP contribution in [0.4, 0.5) is 0 Å². The summed E-state index contributed by atoms with van der Waals surface area (Å²) in [7, 11) is 0. The van der Waals surface area contributed by atoms with Gasteiger partial charge in [0.2, 0.25) is 0 Å². The highest BCUT2D eigenvalue weighted by Crippen LogP contribution is 2.15. The molecule has 39 heavy (non-hydrogen) atoms. The molecule has 0 aromatic carbocycles. The Kier molecular flexibility index (Phi) is 29.0. The second kappa shape index (κ2) is 29.9. The molecular formula is C34H66O5. The largest absolute Gasteiger partial charge is 0.463 e. The maximum absolute atomic E-state index is 11.9. The Labute approximate surface area is 242 Å². The Morgan fingerprint density at radius 1 is 0.513 bits per heavy atom. The van der Waals surface area contributed by atoms with Gasteiger partial charge >= 0.3 is 11.9 Å². The molecule has 0 aliphatic rings. The molecule has 0 rings (SSSR count). The Balaban J connectivity index is 3.40. The van der Waals surface area contributed by atoms with Crippen LogP contribution < -0.4 is 0 Å². The first-order valence-electron chi connectivity index (χ1n) is 16.9. The zero-order valence-electron chi connectivity index (χ0n) is 26.3. The summed E-state index contributed by atoms with van der Waals surface area (Å²) < 4.78 is 10.3. The van der Waals surface area contributed by atoms with Crippen molar-refractivity contribution < 1.29 is 24.2 Å². The second-order valence-electron chi connectivity index (χ2n) is 12.1. The van der Waals surface area contributed by atoms with Gasteiger partial charge in [0.25, 0.3) is 0 Å². The summed E-state index contributed by atoms with van der Waals surface area (Å²) in [4.78, 5) is 23.7. The highest BCUT2D eigenvalue weighted by Gasteiger charge is 2.12. The third-order valence-corrected chi connectivity index (χ3v) is 7.52. The van der Waals surface area contributed by atoms with Crippen LogP contribution in [0.2, 0.25) is 0 Å². The van der Waals surface area contributed by atoms with E-state index < -0.39 is 6.10 Å². The summed E-state index contributed by atoms with van der Waals surface area (Å²) in [6.45, 7) is 6.63. The lowest BCUT2D eigenvalue weighted by molar-refractivity contribution is -0.152. The molecule has 5 nitrogen and oxygen atoms in total. The molecule has 0 aliphatic carbocycles. The maximum atomic E-state index is 11.9. The Morgan fingerprint density at radius 2 is 0.821 bits per heavy atom. The number of carbonyl (C=O) groups is 2. The summed E-state index contributed by atoms with van der Waals surface area (Å²) in [5, 5.41) is 9.94. The van der Waals surface area contributed by atoms with Crippen LogP contribution >= 0.6 is 0 Å². The van der Waals surface area contributed by atoms with Crippen molar-refractivity contribution in [3.63, 3.8) is 0 Å². The number of hydrogen-bond donors (Lipinski definition) is 1. The summed E-state index contributed by atoms with van der Waals surface area (Å²) >= 11 is 0. The SMILES string of the molecule is CCCCCCCCCCCCC(=O)OC[C@@H](O)COC(=O)CCCCCCCCCCCCCCC(C)C. The van der Waals surface area contributed by atoms with Crippen molar-refractivity contribution in [1.82, 2.24) is 0 Å². The van der Waals surface area contributed by atoms with Crippen LogP contribution in [0.5, 0.6) is 0 Å². The van der Waals surface area contributed by atoms with Gasteiger partial charge in [-0.25, -0.2) is 0 Å². The maximum Gasteiger partial charge on any atom is 0.305 e. The van der Waals surface area contributed by atoms with E-state index in [-0.39, 0.29) is 25.2 Å². The minimum Gasteiger partial charge on any atom is -0.463 e. The van der Waals surface area contributed by atoms with Crippen molar-refractivity contribution in [2.45, 2.75) is 187 Å². The lowest BCUT2D eigenvalue weighted by Gasteiger charge is -2.12. The van der Waals surface area contributed by atoms with Gasteiger partial charge in [-0.1, -0.05) is 156 Å². The molecule has 0 bridgehead atoms. The van der Waals surface area contributed by atoms with E-state index in [0.29, 0.717) is 12.8 Å². The Morgan fingerprint density at radius 3 is 1.15 bits per heavy atom. The van der Waals surface area contributed by atoms with Crippen molar-refractivity contribution in [3.05, 3.63) is 0 Å². The van der Waals surface area contributed by atoms with E-state index >= 15 is 0 Å². The smallest absolute Gasteiger partial charge is 0.305 e. The minimum absolute atomic E-state index is 0.109. The molecule has 0 aliphatic heterocycles. The van der Waals surface area contributed by atoms with Crippen molar-refractivity contribution in [1.29, 1.82) is 0 Å². The minimum atomic E-state index is -0.953. The highest BCUT2D eigenvalue weighted by molar-refractivity contribution is 5.69. The molecule has 0 aromatic heterocycles. The predicted molar refractivity (Wildman–Crippen MR) is 164 cm³/mol. The first-order chi connectivity index (χ1) is 19.0. The van der Waals surface area contributed by atoms with Gasteiger partial charge in [0.05, 0.1) is 0 Å². The van der Waals surface area contributed by atoms with E-state index in [1.54, 1.807) is 0 Å². The standard InChI is InChI=1S/C34H66O5/c1-4-5-6-7-8-9-15-18-21-24-27-33(36)38-29-32(35)30-39-34(37)28-25-22-19-16-13-11-10-12-14-17-20-23-26-31(2)3/h31-32,35H,4-30H2,1-3H3/t32-/m1/s1. The van der Waals surface area contributed by atoms with Gasteiger partial charge in [-0.05, 0) is 18.8 Å². The van der Waals surface area contributed by atoms with Crippen molar-refractivity contribution >= 4 is 11.9 Å². The molecular weight excluding hydrogens is 488 g/mol. The number of aliphatic hydroxyl groups is 1. The van der Waals surface area contributed by atoms with E-state index in [1.165, 1.54) is 122 Å². The number of hydrogen-bond acceptors (Lipinski definition) is 5. The third kappa shape index (κ3) is 31.3. The van der Waals surface area contributed by atoms with E-state index in [0.717, 1.165) is 31.6 Å². The van der Waals surface area contributed by atoms with E-state index in [2.05, 4.69) is 20.8 Å². The zero-order valence-corrected chi connectivity index (χ0v) is 26.3. The molecule has 5 heteroatoms. The monoisotopic (exact) mass is 554 g/mol. The summed E-state index contributed by atoms with van der Waals surface area (Å²) in [6.07, 6.45) is 28.6. The topological polar surface area (TPSA) is 72.8 Å². The Bertz CT molecular complexity index is 534. The predicted octanol–water partition coefficient (Wildman–Crippen LogP) is 9.86. The molecule has 0 spiro atoms. The molecule has 232 valence electrons. The van der Waals surface area contributed by atoms with E-state index in [9.17, 15) is 14.7 Å². The fraction of sp³-hybridized carbons (Fsp3) is 0.941. The summed E-state index contributed by atoms with van der Waals surface area (Å²) in [5.41, 5.74) is 0. The van der Waals surface area contributed by atoms with Gasteiger partial charge < -0.3 is 14.6 Å². The third-order valence-electron chi connectivity index (χ3n) is 7.52. The zero-order chi connectivity index (χ0) is 28.8. The number of unbranched alkanes of at least 4 members (excludes halogenated alkanes) is 20. The van der Waals surface area contributed by atoms with Gasteiger partial charge in [-0.2, -0.15) is 0 Å². The van der Waals surface area contributed by atoms with Crippen LogP contribution in [0.15, 0.2) is 0 Å². The van der Waals surface area contributed by atoms with Crippen LogP contribution in [0.25, 0.3) is 0 Å². The van der Waals surface area contributed by atoms with Crippen LogP contribution in [-0.4, -0.2) is 36.4 Å². The molecule has 0 saturated carbocycles. The molecule has 0 saturated heterocycles. The summed E-state index contributed by atoms with van der Waals surface area (Å²) in [5.74, 6) is 0.284. The van der Waals surface area contributed by atoms with E-state index in [4.69, 9.17) is 9.47 Å². The fourth-order valence-corrected chi connectivity index (χ4v) is 4.92. The molecule has 0 fully saturated rings. The normalized spacial score (nSPS) is 12.1. The van der Waals surface area contributed by atoms with Gasteiger partial charge in [-0.15, -0.1) is 0 Å². The lowest BCUT2D eigenvalue weighted by atomic mass is 10.0. The molecule has 0 heterocycles. The van der Waals surface area contributed by atoms with Crippen LogP contribution in [0.3, 0.4) is 0 Å². The highest BCUT2D eigenvalue weighted by atomic mass is 16.6. The van der Waals surface area contributed by atoms with E-state index in [1.807, 2.05) is 0 Å². The van der Waals surface area contributed by atoms with Gasteiger partial charge in [0, 0.05) is 12.8 Å². The quantitative estimate of drug-likeness (QED) is 0.0706. The van der Waals surface area contributed by atoms with Gasteiger partial charge in [0.1, 0.15) is 19.3 Å². The average Bonchev–Trinajstić information content (AvgIpc) is 2.91. The molecule has 1 N–H and O–H groups in total. The first kappa shape index (κ1) is 37.9. The van der Waals surface area contributed by atoms with Gasteiger partial charge in [-0.3, -0.25) is 9.59 Å². The number of ether oxygens (including phenoxy) is 2. The number of carbonyl (C=O) groups excluding carboxylic acids is 2. The lowest BCUT2D eigenvalue weighted by Crippen LogP contribution is -2.25. The number of rotatable bonds is 30. The molecule has 0 amide bonds. The van der Waals surface area contributed by atoms with Crippen molar-refractivity contribution in [3.8, 4) is 0 Å². The Hall–Kier alpha value is -1.10. The average molecular weight is 555 g/mol. The van der Waals surface area contributed by atoms with Crippen LogP contribution in [-0.2, 0) is 19.1 Å².